The molecule has 0 saturated carbocycles. The van der Waals surface area contributed by atoms with Crippen molar-refractivity contribution in [2.45, 2.75) is 25.6 Å². The Morgan fingerprint density at radius 1 is 1.34 bits per heavy atom. The fourth-order valence-corrected chi connectivity index (χ4v) is 3.67. The maximum atomic E-state index is 12.8. The number of fused-ring (bicyclic) bond motifs is 1. The normalized spacial score (nSPS) is 15.4. The number of carbonyl (C=O) groups is 1. The Morgan fingerprint density at radius 2 is 2.21 bits per heavy atom. The van der Waals surface area contributed by atoms with Gasteiger partial charge in [-0.2, -0.15) is 0 Å². The number of halogens is 1. The number of nitrogens with zero attached hydrogens (tertiary/aromatic N) is 2. The van der Waals surface area contributed by atoms with Crippen LogP contribution in [-0.2, 0) is 17.9 Å². The molecule has 1 aliphatic rings. The average molecular weight is 391 g/mol. The monoisotopic (exact) mass is 391 g/mol. The van der Waals surface area contributed by atoms with E-state index in [1.807, 2.05) is 30.3 Å². The van der Waals surface area contributed by atoms with E-state index < -0.39 is 6.67 Å². The number of alkyl halides is 1. The van der Waals surface area contributed by atoms with Gasteiger partial charge in [0.05, 0.1) is 30.9 Å². The van der Waals surface area contributed by atoms with E-state index in [2.05, 4.69) is 22.4 Å². The molecule has 1 N–H and O–H groups in total. The number of nitrogens with one attached hydrogen (secondary N) is 1. The van der Waals surface area contributed by atoms with Crippen LogP contribution < -0.4 is 10.1 Å². The molecule has 1 aliphatic carbocycles. The van der Waals surface area contributed by atoms with Gasteiger partial charge in [0, 0.05) is 12.3 Å². The highest BCUT2D eigenvalue weighted by molar-refractivity contribution is 5.92. The molecule has 0 bridgehead atoms. The molecule has 0 spiro atoms. The third-order valence-corrected chi connectivity index (χ3v) is 5.13. The molecule has 148 valence electrons. The molecule has 1 atom stereocenters. The average Bonchev–Trinajstić information content (AvgIpc) is 3.39. The van der Waals surface area contributed by atoms with Gasteiger partial charge in [0.15, 0.2) is 0 Å². The van der Waals surface area contributed by atoms with Crippen molar-refractivity contribution in [2.75, 3.05) is 7.11 Å². The summed E-state index contributed by atoms with van der Waals surface area (Å²) in [6.45, 7) is -0.614. The second kappa shape index (κ2) is 8.31. The molecule has 1 amide bonds. The van der Waals surface area contributed by atoms with Crippen molar-refractivity contribution in [1.29, 1.82) is 0 Å². The third kappa shape index (κ3) is 4.06. The lowest BCUT2D eigenvalue weighted by Crippen LogP contribution is -2.25. The number of aromatic nitrogens is 2. The van der Waals surface area contributed by atoms with Gasteiger partial charge in [0.25, 0.3) is 0 Å². The summed E-state index contributed by atoms with van der Waals surface area (Å²) in [6, 6.07) is 13.8. The molecule has 1 heterocycles. The Kier molecular flexibility index (Phi) is 5.42. The highest BCUT2D eigenvalue weighted by atomic mass is 19.1. The first-order chi connectivity index (χ1) is 14.2. The number of ether oxygens (including phenoxy) is 1. The van der Waals surface area contributed by atoms with Crippen LogP contribution in [0.3, 0.4) is 0 Å². The number of benzene rings is 2. The molecule has 4 rings (SSSR count). The van der Waals surface area contributed by atoms with Crippen LogP contribution in [0.1, 0.15) is 34.8 Å². The lowest BCUT2D eigenvalue weighted by Gasteiger charge is -2.12. The second-order valence-electron chi connectivity index (χ2n) is 6.97. The number of methoxy groups -OCH3 is 1. The van der Waals surface area contributed by atoms with E-state index in [0.29, 0.717) is 11.4 Å². The number of imidazole rings is 1. The molecule has 6 heteroatoms. The van der Waals surface area contributed by atoms with Gasteiger partial charge in [0.1, 0.15) is 12.4 Å². The van der Waals surface area contributed by atoms with E-state index in [9.17, 15) is 9.18 Å². The minimum atomic E-state index is -0.614. The van der Waals surface area contributed by atoms with Gasteiger partial charge in [-0.25, -0.2) is 9.37 Å². The van der Waals surface area contributed by atoms with Crippen molar-refractivity contribution in [2.24, 2.45) is 0 Å². The molecule has 1 aromatic heterocycles. The minimum Gasteiger partial charge on any atom is -0.495 e. The summed E-state index contributed by atoms with van der Waals surface area (Å²) in [6.07, 6.45) is 8.38. The fourth-order valence-electron chi connectivity index (χ4n) is 3.67. The summed E-state index contributed by atoms with van der Waals surface area (Å²) in [5.74, 6) is 0.483. The van der Waals surface area contributed by atoms with Gasteiger partial charge in [-0.1, -0.05) is 30.3 Å². The number of aryl methyl sites for hydroxylation is 1. The summed E-state index contributed by atoms with van der Waals surface area (Å²) in [5.41, 5.74) is 4.45. The third-order valence-electron chi connectivity index (χ3n) is 5.13. The van der Waals surface area contributed by atoms with Crippen LogP contribution in [0.25, 0.3) is 11.8 Å². The van der Waals surface area contributed by atoms with Crippen molar-refractivity contribution in [3.05, 3.63) is 83.4 Å². The number of amides is 1. The summed E-state index contributed by atoms with van der Waals surface area (Å²) in [7, 11) is 1.57. The van der Waals surface area contributed by atoms with E-state index in [-0.39, 0.29) is 11.9 Å². The maximum absolute atomic E-state index is 12.8. The SMILES string of the molecule is COc1cc(/C=C/C(=O)NC2CCc3ccccc32)ccc1-n1cnc(CF)c1. The maximum Gasteiger partial charge on any atom is 0.244 e. The summed E-state index contributed by atoms with van der Waals surface area (Å²) < 4.78 is 19.9. The van der Waals surface area contributed by atoms with Crippen molar-refractivity contribution < 1.29 is 13.9 Å². The van der Waals surface area contributed by atoms with Crippen molar-refractivity contribution >= 4 is 12.0 Å². The Labute approximate surface area is 168 Å². The van der Waals surface area contributed by atoms with Crippen LogP contribution in [0.4, 0.5) is 4.39 Å². The van der Waals surface area contributed by atoms with Crippen molar-refractivity contribution in [3.8, 4) is 11.4 Å². The van der Waals surface area contributed by atoms with E-state index in [0.717, 1.165) is 24.1 Å². The zero-order valence-electron chi connectivity index (χ0n) is 16.1. The molecule has 2 aromatic carbocycles. The quantitative estimate of drug-likeness (QED) is 0.642. The first kappa shape index (κ1) is 18.9. The van der Waals surface area contributed by atoms with Crippen LogP contribution in [0.5, 0.6) is 5.75 Å². The van der Waals surface area contributed by atoms with E-state index in [4.69, 9.17) is 4.74 Å². The smallest absolute Gasteiger partial charge is 0.244 e. The molecular formula is C23H22FN3O2. The number of hydrogen-bond acceptors (Lipinski definition) is 3. The lowest BCUT2D eigenvalue weighted by molar-refractivity contribution is -0.117. The zero-order chi connectivity index (χ0) is 20.2. The van der Waals surface area contributed by atoms with Crippen LogP contribution in [0.15, 0.2) is 61.1 Å². The molecule has 1 unspecified atom stereocenters. The Hall–Kier alpha value is -3.41. The molecule has 0 fully saturated rings. The largest absolute Gasteiger partial charge is 0.495 e. The summed E-state index contributed by atoms with van der Waals surface area (Å²) >= 11 is 0. The van der Waals surface area contributed by atoms with Crippen LogP contribution in [-0.4, -0.2) is 22.6 Å². The molecule has 0 aliphatic heterocycles. The van der Waals surface area contributed by atoms with Crippen molar-refractivity contribution in [1.82, 2.24) is 14.9 Å². The first-order valence-electron chi connectivity index (χ1n) is 9.51. The van der Waals surface area contributed by atoms with E-state index in [1.165, 1.54) is 17.2 Å². The van der Waals surface area contributed by atoms with E-state index in [1.54, 1.807) is 30.3 Å². The summed E-state index contributed by atoms with van der Waals surface area (Å²) in [4.78, 5) is 16.4. The van der Waals surface area contributed by atoms with Gasteiger partial charge in [0.2, 0.25) is 5.91 Å². The topological polar surface area (TPSA) is 56.1 Å². The van der Waals surface area contributed by atoms with Gasteiger partial charge in [-0.3, -0.25) is 4.79 Å². The molecule has 3 aromatic rings. The fraction of sp³-hybridized carbons (Fsp3) is 0.217. The highest BCUT2D eigenvalue weighted by Crippen LogP contribution is 2.30. The van der Waals surface area contributed by atoms with Crippen LogP contribution >= 0.6 is 0 Å². The number of hydrogen-bond donors (Lipinski definition) is 1. The first-order valence-corrected chi connectivity index (χ1v) is 9.51. The Bertz CT molecular complexity index is 1060. The van der Waals surface area contributed by atoms with Crippen molar-refractivity contribution in [3.63, 3.8) is 0 Å². The second-order valence-corrected chi connectivity index (χ2v) is 6.97. The van der Waals surface area contributed by atoms with E-state index >= 15 is 0 Å². The van der Waals surface area contributed by atoms with Gasteiger partial charge in [-0.15, -0.1) is 0 Å². The Morgan fingerprint density at radius 3 is 3.00 bits per heavy atom. The Balaban J connectivity index is 1.46. The van der Waals surface area contributed by atoms with Gasteiger partial charge < -0.3 is 14.6 Å². The minimum absolute atomic E-state index is 0.0613. The molecule has 5 nitrogen and oxygen atoms in total. The van der Waals surface area contributed by atoms with Crippen LogP contribution in [0, 0.1) is 0 Å². The summed E-state index contributed by atoms with van der Waals surface area (Å²) in [5, 5.41) is 3.08. The highest BCUT2D eigenvalue weighted by Gasteiger charge is 2.22. The van der Waals surface area contributed by atoms with Gasteiger partial charge >= 0.3 is 0 Å². The lowest BCUT2D eigenvalue weighted by atomic mass is 10.1. The molecule has 29 heavy (non-hydrogen) atoms. The van der Waals surface area contributed by atoms with Gasteiger partial charge in [-0.05, 0) is 47.7 Å². The predicted molar refractivity (Wildman–Crippen MR) is 110 cm³/mol. The molecular weight excluding hydrogens is 369 g/mol. The standard InChI is InChI=1S/C23H22FN3O2/c1-29-22-12-16(6-10-21(22)27-14-18(13-24)25-15-27)7-11-23(28)26-20-9-8-17-4-2-3-5-19(17)20/h2-7,10-12,14-15,20H,8-9,13H2,1H3,(H,26,28)/b11-7+. The molecule has 0 radical (unpaired) electrons. The predicted octanol–water partition coefficient (Wildman–Crippen LogP) is 4.17. The number of rotatable bonds is 6. The number of carbonyl (C=O) groups excluding carboxylic acids is 1. The molecule has 0 saturated heterocycles. The zero-order valence-corrected chi connectivity index (χ0v) is 16.1. The van der Waals surface area contributed by atoms with Crippen LogP contribution in [0.2, 0.25) is 0 Å².